The van der Waals surface area contributed by atoms with Crippen molar-refractivity contribution in [1.82, 2.24) is 15.1 Å². The maximum absolute atomic E-state index is 12.3. The maximum atomic E-state index is 12.3. The number of hydrogen-bond donors (Lipinski definition) is 1. The summed E-state index contributed by atoms with van der Waals surface area (Å²) in [6.07, 6.45) is 0.211. The number of ether oxygens (including phenoxy) is 1. The van der Waals surface area contributed by atoms with E-state index < -0.39 is 15.4 Å². The van der Waals surface area contributed by atoms with E-state index in [-0.39, 0.29) is 17.9 Å². The highest BCUT2D eigenvalue weighted by atomic mass is 32.2. The first-order chi connectivity index (χ1) is 13.7. The lowest BCUT2D eigenvalue weighted by molar-refractivity contribution is 0.0137. The molecule has 0 bridgehead atoms. The Hall–Kier alpha value is -2.29. The maximum Gasteiger partial charge on any atom is 0.410 e. The van der Waals surface area contributed by atoms with Gasteiger partial charge >= 0.3 is 6.09 Å². The van der Waals surface area contributed by atoms with Gasteiger partial charge in [-0.25, -0.2) is 13.2 Å². The minimum Gasteiger partial charge on any atom is -0.444 e. The summed E-state index contributed by atoms with van der Waals surface area (Å²) in [5.74, 6) is 0.878. The van der Waals surface area contributed by atoms with Crippen molar-refractivity contribution >= 4 is 21.9 Å². The zero-order valence-corrected chi connectivity index (χ0v) is 18.1. The van der Waals surface area contributed by atoms with Gasteiger partial charge in [0.1, 0.15) is 5.60 Å². The van der Waals surface area contributed by atoms with Crippen molar-refractivity contribution in [2.45, 2.75) is 43.7 Å². The van der Waals surface area contributed by atoms with Crippen molar-refractivity contribution in [3.8, 4) is 0 Å². The molecule has 9 heteroatoms. The minimum atomic E-state index is -3.26. The quantitative estimate of drug-likeness (QED) is 0.727. The van der Waals surface area contributed by atoms with Crippen molar-refractivity contribution in [3.05, 3.63) is 30.3 Å². The number of benzene rings is 1. The first-order valence-corrected chi connectivity index (χ1v) is 11.6. The lowest BCUT2D eigenvalue weighted by Crippen LogP contribution is -2.57. The molecular formula is C20H30N4O4S. The molecule has 1 atom stereocenters. The van der Waals surface area contributed by atoms with Crippen LogP contribution in [0.5, 0.6) is 0 Å². The van der Waals surface area contributed by atoms with Crippen molar-refractivity contribution in [2.24, 2.45) is 4.99 Å². The van der Waals surface area contributed by atoms with Crippen LogP contribution in [-0.4, -0.2) is 80.4 Å². The minimum absolute atomic E-state index is 0.0904. The monoisotopic (exact) mass is 422 g/mol. The zero-order valence-electron chi connectivity index (χ0n) is 17.3. The third-order valence-corrected chi connectivity index (χ3v) is 6.65. The van der Waals surface area contributed by atoms with E-state index in [0.717, 1.165) is 5.96 Å². The van der Waals surface area contributed by atoms with Crippen LogP contribution in [0.15, 0.2) is 40.2 Å². The van der Waals surface area contributed by atoms with E-state index in [0.29, 0.717) is 44.0 Å². The number of guanidine groups is 1. The predicted molar refractivity (Wildman–Crippen MR) is 112 cm³/mol. The Balaban J connectivity index is 1.44. The zero-order chi connectivity index (χ0) is 21.1. The fraction of sp³-hybridized carbons (Fsp3) is 0.600. The summed E-state index contributed by atoms with van der Waals surface area (Å²) in [7, 11) is -3.26. The normalized spacial score (nSPS) is 19.6. The van der Waals surface area contributed by atoms with Crippen molar-refractivity contribution in [2.75, 3.05) is 38.5 Å². The Labute approximate surface area is 172 Å². The van der Waals surface area contributed by atoms with Crippen molar-refractivity contribution in [3.63, 3.8) is 0 Å². The molecule has 0 radical (unpaired) electrons. The van der Waals surface area contributed by atoms with Crippen LogP contribution in [0.3, 0.4) is 0 Å². The van der Waals surface area contributed by atoms with E-state index >= 15 is 0 Å². The Morgan fingerprint density at radius 3 is 2.66 bits per heavy atom. The SMILES string of the molecule is CC(C)(C)OC(=O)N1CCN2C(NCCCS(=O)(=O)c3ccccc3)=NCC2C1. The Bertz CT molecular complexity index is 849. The molecule has 0 saturated carbocycles. The van der Waals surface area contributed by atoms with Gasteiger partial charge in [-0.1, -0.05) is 18.2 Å². The number of rotatable bonds is 5. The summed E-state index contributed by atoms with van der Waals surface area (Å²) in [6.45, 7) is 8.56. The fourth-order valence-electron chi connectivity index (χ4n) is 3.43. The predicted octanol–water partition coefficient (Wildman–Crippen LogP) is 1.73. The highest BCUT2D eigenvalue weighted by Gasteiger charge is 2.36. The second-order valence-electron chi connectivity index (χ2n) is 8.35. The topological polar surface area (TPSA) is 91.3 Å². The molecule has 1 aromatic carbocycles. The van der Waals surface area contributed by atoms with Gasteiger partial charge in [0, 0.05) is 26.2 Å². The van der Waals surface area contributed by atoms with Gasteiger partial charge in [0.15, 0.2) is 15.8 Å². The van der Waals surface area contributed by atoms with Gasteiger partial charge in [-0.3, -0.25) is 4.99 Å². The summed E-state index contributed by atoms with van der Waals surface area (Å²) in [5.41, 5.74) is -0.507. The van der Waals surface area contributed by atoms with E-state index in [2.05, 4.69) is 15.2 Å². The van der Waals surface area contributed by atoms with Crippen molar-refractivity contribution < 1.29 is 17.9 Å². The lowest BCUT2D eigenvalue weighted by atomic mass is 10.2. The fourth-order valence-corrected chi connectivity index (χ4v) is 4.76. The number of piperazine rings is 1. The summed E-state index contributed by atoms with van der Waals surface area (Å²) in [6, 6.07) is 8.65. The summed E-state index contributed by atoms with van der Waals surface area (Å²) < 4.78 is 30.1. The Kier molecular flexibility index (Phi) is 6.36. The Morgan fingerprint density at radius 1 is 1.24 bits per heavy atom. The van der Waals surface area contributed by atoms with Gasteiger partial charge in [0.2, 0.25) is 0 Å². The molecule has 1 unspecified atom stereocenters. The summed E-state index contributed by atoms with van der Waals surface area (Å²) in [4.78, 5) is 21.1. The van der Waals surface area contributed by atoms with Crippen LogP contribution >= 0.6 is 0 Å². The number of nitrogens with one attached hydrogen (secondary N) is 1. The molecule has 1 fully saturated rings. The lowest BCUT2D eigenvalue weighted by Gasteiger charge is -2.39. The second kappa shape index (κ2) is 8.61. The molecule has 3 rings (SSSR count). The standard InChI is InChI=1S/C20H30N4O4S/c1-20(2,3)28-19(25)23-11-12-24-16(15-23)14-22-18(24)21-10-7-13-29(26,27)17-8-5-4-6-9-17/h4-6,8-9,16H,7,10-15H2,1-3H3,(H,21,22). The van der Waals surface area contributed by atoms with Gasteiger partial charge in [-0.2, -0.15) is 0 Å². The first-order valence-electron chi connectivity index (χ1n) is 9.96. The second-order valence-corrected chi connectivity index (χ2v) is 10.5. The van der Waals surface area contributed by atoms with Gasteiger partial charge in [-0.15, -0.1) is 0 Å². The molecule has 2 heterocycles. The number of carbonyl (C=O) groups is 1. The van der Waals surface area contributed by atoms with Crippen LogP contribution in [0.1, 0.15) is 27.2 Å². The molecule has 1 aromatic rings. The van der Waals surface area contributed by atoms with Gasteiger partial charge in [0.05, 0.1) is 23.2 Å². The van der Waals surface area contributed by atoms with E-state index in [1.165, 1.54) is 0 Å². The largest absolute Gasteiger partial charge is 0.444 e. The van der Waals surface area contributed by atoms with Gasteiger partial charge < -0.3 is 19.9 Å². The van der Waals surface area contributed by atoms with E-state index in [1.54, 1.807) is 35.2 Å². The van der Waals surface area contributed by atoms with Crippen LogP contribution in [-0.2, 0) is 14.6 Å². The molecule has 1 saturated heterocycles. The van der Waals surface area contributed by atoms with Crippen LogP contribution in [0.4, 0.5) is 4.79 Å². The summed E-state index contributed by atoms with van der Waals surface area (Å²) >= 11 is 0. The number of fused-ring (bicyclic) bond motifs is 1. The average Bonchev–Trinajstić information content (AvgIpc) is 3.07. The van der Waals surface area contributed by atoms with Gasteiger partial charge in [0.25, 0.3) is 0 Å². The summed E-state index contributed by atoms with van der Waals surface area (Å²) in [5, 5.41) is 3.26. The molecule has 8 nitrogen and oxygen atoms in total. The number of sulfone groups is 1. The van der Waals surface area contributed by atoms with Gasteiger partial charge in [-0.05, 0) is 39.3 Å². The Morgan fingerprint density at radius 2 is 1.97 bits per heavy atom. The number of hydrogen-bond acceptors (Lipinski definition) is 7. The molecule has 0 spiro atoms. The smallest absolute Gasteiger partial charge is 0.410 e. The van der Waals surface area contributed by atoms with E-state index in [9.17, 15) is 13.2 Å². The third-order valence-electron chi connectivity index (χ3n) is 4.83. The van der Waals surface area contributed by atoms with E-state index in [4.69, 9.17) is 4.74 Å². The number of amides is 1. The molecule has 1 amide bonds. The van der Waals surface area contributed by atoms with Crippen molar-refractivity contribution in [1.29, 1.82) is 0 Å². The molecule has 0 aromatic heterocycles. The highest BCUT2D eigenvalue weighted by molar-refractivity contribution is 7.91. The average molecular weight is 423 g/mol. The van der Waals surface area contributed by atoms with Crippen LogP contribution in [0, 0.1) is 0 Å². The number of aliphatic imine (C=N–C) groups is 1. The van der Waals surface area contributed by atoms with Crippen LogP contribution in [0.25, 0.3) is 0 Å². The molecule has 2 aliphatic rings. The number of nitrogens with zero attached hydrogens (tertiary/aromatic N) is 3. The first kappa shape index (κ1) is 21.4. The molecular weight excluding hydrogens is 392 g/mol. The molecule has 1 N–H and O–H groups in total. The molecule has 29 heavy (non-hydrogen) atoms. The van der Waals surface area contributed by atoms with E-state index in [1.807, 2.05) is 20.8 Å². The highest BCUT2D eigenvalue weighted by Crippen LogP contribution is 2.18. The third kappa shape index (κ3) is 5.62. The molecule has 2 aliphatic heterocycles. The number of carbonyl (C=O) groups excluding carboxylic acids is 1. The molecule has 0 aliphatic carbocycles. The molecule has 160 valence electrons. The van der Waals surface area contributed by atoms with Crippen LogP contribution < -0.4 is 5.32 Å². The van der Waals surface area contributed by atoms with Crippen LogP contribution in [0.2, 0.25) is 0 Å².